The Morgan fingerprint density at radius 1 is 1.27 bits per heavy atom. The van der Waals surface area contributed by atoms with Crippen molar-refractivity contribution in [2.75, 3.05) is 20.2 Å². The van der Waals surface area contributed by atoms with E-state index < -0.39 is 10.0 Å². The van der Waals surface area contributed by atoms with Gasteiger partial charge in [0.2, 0.25) is 15.9 Å². The summed E-state index contributed by atoms with van der Waals surface area (Å²) in [4.78, 5) is 2.06. The highest BCUT2D eigenvalue weighted by atomic mass is 32.2. The minimum atomic E-state index is -3.19. The average Bonchev–Trinajstić information content (AvgIpc) is 2.95. The second-order valence-electron chi connectivity index (χ2n) is 6.03. The van der Waals surface area contributed by atoms with Gasteiger partial charge in [0.15, 0.2) is 0 Å². The van der Waals surface area contributed by atoms with Crippen molar-refractivity contribution < 1.29 is 13.2 Å². The highest BCUT2D eigenvalue weighted by Crippen LogP contribution is 2.22. The van der Waals surface area contributed by atoms with Crippen molar-refractivity contribution in [1.82, 2.24) is 19.8 Å². The first kappa shape index (κ1) is 15.6. The first-order chi connectivity index (χ1) is 10.6. The molecular formula is C14H22N4O3S. The Hall–Kier alpha value is -1.25. The first-order valence-electron chi connectivity index (χ1n) is 7.67. The number of hydrogen-bond acceptors (Lipinski definition) is 6. The molecule has 0 bridgehead atoms. The van der Waals surface area contributed by atoms with E-state index in [0.717, 1.165) is 31.4 Å². The molecule has 2 aliphatic rings. The van der Waals surface area contributed by atoms with Crippen molar-refractivity contribution in [3.8, 4) is 5.88 Å². The van der Waals surface area contributed by atoms with Crippen LogP contribution in [0.5, 0.6) is 5.88 Å². The van der Waals surface area contributed by atoms with Crippen molar-refractivity contribution in [2.24, 2.45) is 0 Å². The summed E-state index contributed by atoms with van der Waals surface area (Å²) in [6.07, 6.45) is 4.19. The molecule has 122 valence electrons. The summed E-state index contributed by atoms with van der Waals surface area (Å²) in [5.74, 6) is 0.480. The van der Waals surface area contributed by atoms with Gasteiger partial charge in [0.1, 0.15) is 5.25 Å². The fourth-order valence-electron chi connectivity index (χ4n) is 2.99. The van der Waals surface area contributed by atoms with E-state index in [9.17, 15) is 8.42 Å². The minimum absolute atomic E-state index is 0.145. The Kier molecular flexibility index (Phi) is 4.60. The molecule has 1 aromatic rings. The molecule has 0 amide bonds. The van der Waals surface area contributed by atoms with Gasteiger partial charge in [-0.15, -0.1) is 5.10 Å². The fraction of sp³-hybridized carbons (Fsp3) is 0.714. The van der Waals surface area contributed by atoms with Crippen LogP contribution in [0.15, 0.2) is 12.1 Å². The van der Waals surface area contributed by atoms with Gasteiger partial charge in [-0.3, -0.25) is 4.90 Å². The second kappa shape index (κ2) is 6.47. The van der Waals surface area contributed by atoms with Crippen LogP contribution in [-0.2, 0) is 16.6 Å². The van der Waals surface area contributed by atoms with Crippen molar-refractivity contribution >= 4 is 10.0 Å². The van der Waals surface area contributed by atoms with E-state index >= 15 is 0 Å². The Bertz CT molecular complexity index is 593. The summed E-state index contributed by atoms with van der Waals surface area (Å²) in [7, 11) is -1.64. The highest BCUT2D eigenvalue weighted by Gasteiger charge is 2.38. The molecule has 2 heterocycles. The van der Waals surface area contributed by atoms with Crippen LogP contribution >= 0.6 is 0 Å². The summed E-state index contributed by atoms with van der Waals surface area (Å²) < 4.78 is 32.4. The maximum atomic E-state index is 12.3. The molecule has 0 aromatic carbocycles. The third-order valence-corrected chi connectivity index (χ3v) is 6.18. The van der Waals surface area contributed by atoms with Gasteiger partial charge in [0.05, 0.1) is 12.8 Å². The normalized spacial score (nSPS) is 21.0. The van der Waals surface area contributed by atoms with Crippen LogP contribution in [-0.4, -0.2) is 55.0 Å². The van der Waals surface area contributed by atoms with Gasteiger partial charge >= 0.3 is 0 Å². The largest absolute Gasteiger partial charge is 0.480 e. The Balaban J connectivity index is 1.48. The van der Waals surface area contributed by atoms with E-state index in [0.29, 0.717) is 25.5 Å². The molecule has 8 heteroatoms. The van der Waals surface area contributed by atoms with Crippen LogP contribution in [0.2, 0.25) is 0 Å². The standard InChI is InChI=1S/C14H22N4O3S/c1-21-14-7-6-12(15-16-14)8-18-9-13(10-18)22(19,20)17-11-4-2-3-5-11/h6-7,11,13,17H,2-5,8-10H2,1H3. The van der Waals surface area contributed by atoms with E-state index in [1.54, 1.807) is 13.2 Å². The molecule has 0 radical (unpaired) electrons. The average molecular weight is 326 g/mol. The number of nitrogens with zero attached hydrogens (tertiary/aromatic N) is 3. The molecule has 3 rings (SSSR count). The lowest BCUT2D eigenvalue weighted by atomic mass is 10.2. The van der Waals surface area contributed by atoms with Gasteiger partial charge in [-0.05, 0) is 18.9 Å². The molecule has 1 saturated heterocycles. The molecule has 0 atom stereocenters. The highest BCUT2D eigenvalue weighted by molar-refractivity contribution is 7.90. The molecule has 1 aliphatic heterocycles. The SMILES string of the molecule is COc1ccc(CN2CC(S(=O)(=O)NC3CCCC3)C2)nn1. The number of likely N-dealkylation sites (tertiary alicyclic amines) is 1. The van der Waals surface area contributed by atoms with Crippen LogP contribution in [0, 0.1) is 0 Å². The molecule has 1 aromatic heterocycles. The number of rotatable bonds is 6. The van der Waals surface area contributed by atoms with Gasteiger partial charge in [0, 0.05) is 31.7 Å². The molecule has 0 unspecified atom stereocenters. The number of sulfonamides is 1. The zero-order valence-corrected chi connectivity index (χ0v) is 13.6. The summed E-state index contributed by atoms with van der Waals surface area (Å²) in [6.45, 7) is 1.72. The summed E-state index contributed by atoms with van der Waals surface area (Å²) in [5.41, 5.74) is 0.820. The van der Waals surface area contributed by atoms with E-state index in [1.807, 2.05) is 6.07 Å². The van der Waals surface area contributed by atoms with Gasteiger partial charge in [0.25, 0.3) is 0 Å². The summed E-state index contributed by atoms with van der Waals surface area (Å²) in [6, 6.07) is 3.76. The van der Waals surface area contributed by atoms with Crippen molar-refractivity contribution in [1.29, 1.82) is 0 Å². The predicted molar refractivity (Wildman–Crippen MR) is 82.0 cm³/mol. The molecule has 22 heavy (non-hydrogen) atoms. The zero-order chi connectivity index (χ0) is 15.6. The van der Waals surface area contributed by atoms with Crippen molar-refractivity contribution in [3.05, 3.63) is 17.8 Å². The van der Waals surface area contributed by atoms with E-state index in [1.165, 1.54) is 0 Å². The Morgan fingerprint density at radius 3 is 2.59 bits per heavy atom. The topological polar surface area (TPSA) is 84.4 Å². The lowest BCUT2D eigenvalue weighted by molar-refractivity contribution is 0.172. The minimum Gasteiger partial charge on any atom is -0.480 e. The molecular weight excluding hydrogens is 304 g/mol. The lowest BCUT2D eigenvalue weighted by Gasteiger charge is -2.38. The van der Waals surface area contributed by atoms with E-state index in [4.69, 9.17) is 4.74 Å². The van der Waals surface area contributed by atoms with Crippen molar-refractivity contribution in [3.63, 3.8) is 0 Å². The van der Waals surface area contributed by atoms with Crippen LogP contribution in [0.4, 0.5) is 0 Å². The third kappa shape index (κ3) is 3.56. The van der Waals surface area contributed by atoms with Gasteiger partial charge in [-0.2, -0.15) is 5.10 Å². The molecule has 1 aliphatic carbocycles. The van der Waals surface area contributed by atoms with E-state index in [2.05, 4.69) is 19.8 Å². The maximum Gasteiger partial charge on any atom is 0.233 e. The smallest absolute Gasteiger partial charge is 0.233 e. The quantitative estimate of drug-likeness (QED) is 0.821. The second-order valence-corrected chi connectivity index (χ2v) is 8.02. The van der Waals surface area contributed by atoms with Crippen LogP contribution in [0.25, 0.3) is 0 Å². The van der Waals surface area contributed by atoms with Gasteiger partial charge in [-0.25, -0.2) is 13.1 Å². The number of nitrogens with one attached hydrogen (secondary N) is 1. The summed E-state index contributed by atoms with van der Waals surface area (Å²) in [5, 5.41) is 7.67. The van der Waals surface area contributed by atoms with Crippen molar-refractivity contribution in [2.45, 2.75) is 43.5 Å². The summed E-state index contributed by atoms with van der Waals surface area (Å²) >= 11 is 0. The first-order valence-corrected chi connectivity index (χ1v) is 9.21. The molecule has 2 fully saturated rings. The number of ether oxygens (including phenoxy) is 1. The van der Waals surface area contributed by atoms with E-state index in [-0.39, 0.29) is 11.3 Å². The molecule has 7 nitrogen and oxygen atoms in total. The Morgan fingerprint density at radius 2 is 2.00 bits per heavy atom. The maximum absolute atomic E-state index is 12.3. The number of aromatic nitrogens is 2. The lowest BCUT2D eigenvalue weighted by Crippen LogP contribution is -2.58. The zero-order valence-electron chi connectivity index (χ0n) is 12.7. The van der Waals surface area contributed by atoms with Crippen LogP contribution < -0.4 is 9.46 Å². The molecule has 0 spiro atoms. The fourth-order valence-corrected chi connectivity index (χ4v) is 4.70. The third-order valence-electron chi connectivity index (χ3n) is 4.34. The van der Waals surface area contributed by atoms with Gasteiger partial charge in [-0.1, -0.05) is 12.8 Å². The molecule has 1 saturated carbocycles. The van der Waals surface area contributed by atoms with Gasteiger partial charge < -0.3 is 4.74 Å². The number of methoxy groups -OCH3 is 1. The number of hydrogen-bond donors (Lipinski definition) is 1. The van der Waals surface area contributed by atoms with Crippen LogP contribution in [0.1, 0.15) is 31.4 Å². The monoisotopic (exact) mass is 326 g/mol. The Labute approximate surface area is 131 Å². The molecule has 1 N–H and O–H groups in total. The van der Waals surface area contributed by atoms with Crippen LogP contribution in [0.3, 0.4) is 0 Å². The predicted octanol–water partition coefficient (Wildman–Crippen LogP) is 0.531.